The molecule has 2 amide bonds. The summed E-state index contributed by atoms with van der Waals surface area (Å²) in [7, 11) is 0. The first-order chi connectivity index (χ1) is 12.2. The van der Waals surface area contributed by atoms with Crippen LogP contribution >= 0.6 is 0 Å². The third-order valence-corrected chi connectivity index (χ3v) is 4.02. The summed E-state index contributed by atoms with van der Waals surface area (Å²) in [6.07, 6.45) is 0.795. The summed E-state index contributed by atoms with van der Waals surface area (Å²) in [6.45, 7) is 2.52. The molecule has 2 aromatic rings. The molecule has 0 unspecified atom stereocenters. The van der Waals surface area contributed by atoms with Gasteiger partial charge in [0.05, 0.1) is 0 Å². The number of hydrogen-bond donors (Lipinski definition) is 1. The van der Waals surface area contributed by atoms with E-state index in [1.807, 2.05) is 0 Å². The molecule has 0 atom stereocenters. The molecule has 0 spiro atoms. The van der Waals surface area contributed by atoms with Gasteiger partial charge in [-0.3, -0.25) is 9.59 Å². The molecular formula is C17H18FN5O2. The molecule has 0 saturated carbocycles. The molecule has 1 aliphatic heterocycles. The van der Waals surface area contributed by atoms with Crippen LogP contribution in [0.1, 0.15) is 16.1 Å². The Labute approximate surface area is 144 Å². The van der Waals surface area contributed by atoms with Crippen molar-refractivity contribution < 1.29 is 14.0 Å². The van der Waals surface area contributed by atoms with Crippen LogP contribution in [0.15, 0.2) is 36.4 Å². The number of rotatable bonds is 5. The molecule has 7 nitrogen and oxygen atoms in total. The van der Waals surface area contributed by atoms with E-state index in [1.165, 1.54) is 12.1 Å². The number of halogens is 1. The number of piperazine rings is 1. The molecule has 1 fully saturated rings. The normalized spacial score (nSPS) is 14.3. The van der Waals surface area contributed by atoms with Gasteiger partial charge in [-0.05, 0) is 29.8 Å². The second kappa shape index (κ2) is 7.69. The van der Waals surface area contributed by atoms with Crippen LogP contribution in [0.2, 0.25) is 0 Å². The SMILES string of the molecule is O=CN1CCN(C(=O)c2ccc(NCc3ccc(F)cc3)nn2)CC1. The van der Waals surface area contributed by atoms with E-state index < -0.39 is 0 Å². The highest BCUT2D eigenvalue weighted by Crippen LogP contribution is 2.10. The highest BCUT2D eigenvalue weighted by Gasteiger charge is 2.22. The number of hydrogen-bond acceptors (Lipinski definition) is 5. The summed E-state index contributed by atoms with van der Waals surface area (Å²) in [6, 6.07) is 9.47. The molecular weight excluding hydrogens is 325 g/mol. The first-order valence-electron chi connectivity index (χ1n) is 7.96. The number of benzene rings is 1. The van der Waals surface area contributed by atoms with Crippen LogP contribution in [0.5, 0.6) is 0 Å². The smallest absolute Gasteiger partial charge is 0.274 e. The molecule has 1 aromatic heterocycles. The number of anilines is 1. The zero-order valence-corrected chi connectivity index (χ0v) is 13.6. The standard InChI is InChI=1S/C17H18FN5O2/c18-14-3-1-13(2-4-14)11-19-16-6-5-15(20-21-16)17(25)23-9-7-22(12-24)8-10-23/h1-6,12H,7-11H2,(H,19,21). The molecule has 0 aliphatic carbocycles. The monoisotopic (exact) mass is 343 g/mol. The van der Waals surface area contributed by atoms with Crippen molar-refractivity contribution in [2.24, 2.45) is 0 Å². The first kappa shape index (κ1) is 16.8. The van der Waals surface area contributed by atoms with Crippen LogP contribution in [0, 0.1) is 5.82 Å². The Hall–Kier alpha value is -3.03. The van der Waals surface area contributed by atoms with E-state index in [1.54, 1.807) is 34.1 Å². The van der Waals surface area contributed by atoms with Gasteiger partial charge in [-0.2, -0.15) is 0 Å². The van der Waals surface area contributed by atoms with Gasteiger partial charge >= 0.3 is 0 Å². The average molecular weight is 343 g/mol. The van der Waals surface area contributed by atoms with Crippen molar-refractivity contribution in [1.29, 1.82) is 0 Å². The Balaban J connectivity index is 1.55. The summed E-state index contributed by atoms with van der Waals surface area (Å²) < 4.78 is 12.9. The minimum absolute atomic E-state index is 0.192. The van der Waals surface area contributed by atoms with Gasteiger partial charge in [0.25, 0.3) is 5.91 Å². The first-order valence-corrected chi connectivity index (χ1v) is 7.96. The topological polar surface area (TPSA) is 78.4 Å². The molecule has 2 heterocycles. The zero-order valence-electron chi connectivity index (χ0n) is 13.6. The van der Waals surface area contributed by atoms with Crippen LogP contribution in [-0.4, -0.2) is 58.5 Å². The average Bonchev–Trinajstić information content (AvgIpc) is 2.67. The molecule has 25 heavy (non-hydrogen) atoms. The van der Waals surface area contributed by atoms with E-state index >= 15 is 0 Å². The number of nitrogens with zero attached hydrogens (tertiary/aromatic N) is 4. The number of nitrogens with one attached hydrogen (secondary N) is 1. The van der Waals surface area contributed by atoms with Gasteiger partial charge in [0.1, 0.15) is 11.6 Å². The lowest BCUT2D eigenvalue weighted by Crippen LogP contribution is -2.48. The predicted molar refractivity (Wildman–Crippen MR) is 89.3 cm³/mol. The highest BCUT2D eigenvalue weighted by atomic mass is 19.1. The van der Waals surface area contributed by atoms with Crippen LogP contribution in [0.3, 0.4) is 0 Å². The Morgan fingerprint density at radius 3 is 2.40 bits per heavy atom. The maximum absolute atomic E-state index is 12.9. The molecule has 3 rings (SSSR count). The van der Waals surface area contributed by atoms with Crippen molar-refractivity contribution in [3.05, 3.63) is 53.5 Å². The van der Waals surface area contributed by atoms with Gasteiger partial charge in [-0.15, -0.1) is 10.2 Å². The fraction of sp³-hybridized carbons (Fsp3) is 0.294. The van der Waals surface area contributed by atoms with E-state index in [-0.39, 0.29) is 17.4 Å². The number of carbonyl (C=O) groups is 2. The van der Waals surface area contributed by atoms with Gasteiger partial charge in [0, 0.05) is 32.7 Å². The third-order valence-electron chi connectivity index (χ3n) is 4.02. The van der Waals surface area contributed by atoms with E-state index in [2.05, 4.69) is 15.5 Å². The van der Waals surface area contributed by atoms with Gasteiger partial charge in [-0.25, -0.2) is 4.39 Å². The largest absolute Gasteiger partial charge is 0.365 e. The molecule has 1 N–H and O–H groups in total. The molecule has 0 bridgehead atoms. The Morgan fingerprint density at radius 1 is 1.08 bits per heavy atom. The zero-order chi connectivity index (χ0) is 17.6. The maximum Gasteiger partial charge on any atom is 0.274 e. The molecule has 130 valence electrons. The van der Waals surface area contributed by atoms with Crippen molar-refractivity contribution in [3.8, 4) is 0 Å². The van der Waals surface area contributed by atoms with Gasteiger partial charge in [0.2, 0.25) is 6.41 Å². The summed E-state index contributed by atoms with van der Waals surface area (Å²) in [5, 5.41) is 11.1. The van der Waals surface area contributed by atoms with Gasteiger partial charge in [0.15, 0.2) is 5.69 Å². The summed E-state index contributed by atoms with van der Waals surface area (Å²) >= 11 is 0. The summed E-state index contributed by atoms with van der Waals surface area (Å²) in [5.41, 5.74) is 1.18. The van der Waals surface area contributed by atoms with E-state index in [0.717, 1.165) is 12.0 Å². The Morgan fingerprint density at radius 2 is 1.80 bits per heavy atom. The molecule has 1 aromatic carbocycles. The minimum atomic E-state index is -0.277. The Bertz CT molecular complexity index is 728. The fourth-order valence-electron chi connectivity index (χ4n) is 2.53. The van der Waals surface area contributed by atoms with Crippen LogP contribution in [0.4, 0.5) is 10.2 Å². The predicted octanol–water partition coefficient (Wildman–Crippen LogP) is 1.14. The van der Waals surface area contributed by atoms with Crippen molar-refractivity contribution in [2.75, 3.05) is 31.5 Å². The van der Waals surface area contributed by atoms with Crippen LogP contribution in [0.25, 0.3) is 0 Å². The van der Waals surface area contributed by atoms with Crippen LogP contribution in [-0.2, 0) is 11.3 Å². The molecule has 1 saturated heterocycles. The van der Waals surface area contributed by atoms with Crippen molar-refractivity contribution in [3.63, 3.8) is 0 Å². The number of carbonyl (C=O) groups excluding carboxylic acids is 2. The minimum Gasteiger partial charge on any atom is -0.365 e. The second-order valence-corrected chi connectivity index (χ2v) is 5.72. The highest BCUT2D eigenvalue weighted by molar-refractivity contribution is 5.92. The number of aromatic nitrogens is 2. The second-order valence-electron chi connectivity index (χ2n) is 5.72. The lowest BCUT2D eigenvalue weighted by molar-refractivity contribution is -0.119. The lowest BCUT2D eigenvalue weighted by Gasteiger charge is -2.32. The van der Waals surface area contributed by atoms with Crippen molar-refractivity contribution in [2.45, 2.75) is 6.54 Å². The number of amides is 2. The molecule has 1 aliphatic rings. The van der Waals surface area contributed by atoms with Crippen molar-refractivity contribution >= 4 is 18.1 Å². The molecule has 8 heteroatoms. The van der Waals surface area contributed by atoms with Crippen molar-refractivity contribution in [1.82, 2.24) is 20.0 Å². The lowest BCUT2D eigenvalue weighted by atomic mass is 10.2. The third kappa shape index (κ3) is 4.28. The molecule has 0 radical (unpaired) electrons. The fourth-order valence-corrected chi connectivity index (χ4v) is 2.53. The quantitative estimate of drug-likeness (QED) is 0.824. The van der Waals surface area contributed by atoms with Gasteiger partial charge < -0.3 is 15.1 Å². The van der Waals surface area contributed by atoms with Gasteiger partial charge in [-0.1, -0.05) is 12.1 Å². The summed E-state index contributed by atoms with van der Waals surface area (Å²) in [4.78, 5) is 26.4. The van der Waals surface area contributed by atoms with E-state index in [4.69, 9.17) is 0 Å². The maximum atomic E-state index is 12.9. The van der Waals surface area contributed by atoms with E-state index in [9.17, 15) is 14.0 Å². The Kier molecular flexibility index (Phi) is 5.17. The van der Waals surface area contributed by atoms with E-state index in [0.29, 0.717) is 38.5 Å². The summed E-state index contributed by atoms with van der Waals surface area (Å²) in [5.74, 6) is 0.0650. The van der Waals surface area contributed by atoms with Crippen LogP contribution < -0.4 is 5.32 Å².